The fraction of sp³-hybridized carbons (Fsp3) is 0.278. The van der Waals surface area contributed by atoms with Crippen LogP contribution in [0.1, 0.15) is 27.0 Å². The Morgan fingerprint density at radius 3 is 2.19 bits per heavy atom. The van der Waals surface area contributed by atoms with E-state index in [0.717, 1.165) is 16.7 Å². The first-order valence-electron chi connectivity index (χ1n) is 6.87. The molecule has 0 bridgehead atoms. The topological polar surface area (TPSA) is 35.5 Å². The maximum atomic E-state index is 12.7. The van der Waals surface area contributed by atoms with Crippen LogP contribution >= 0.6 is 0 Å². The third kappa shape index (κ3) is 3.24. The molecule has 21 heavy (non-hydrogen) atoms. The van der Waals surface area contributed by atoms with Crippen LogP contribution in [0.3, 0.4) is 0 Å². The van der Waals surface area contributed by atoms with E-state index < -0.39 is 0 Å². The predicted molar refractivity (Wildman–Crippen MR) is 83.5 cm³/mol. The van der Waals surface area contributed by atoms with Gasteiger partial charge in [0, 0.05) is 6.42 Å². The third-order valence-electron chi connectivity index (χ3n) is 3.56. The molecule has 2 aromatic rings. The number of carbonyl (C=O) groups excluding carboxylic acids is 1. The number of hydrogen-bond acceptors (Lipinski definition) is 3. The van der Waals surface area contributed by atoms with Crippen LogP contribution in [0.15, 0.2) is 36.4 Å². The number of benzene rings is 2. The first-order chi connectivity index (χ1) is 10.1. The standard InChI is InChI=1S/C18H20O3/c1-12-8-9-13(2)14(10-12)11-15(19)18-16(20-3)6-5-7-17(18)21-4/h5-10H,11H2,1-4H3. The minimum absolute atomic E-state index is 0.00185. The summed E-state index contributed by atoms with van der Waals surface area (Å²) in [5.74, 6) is 1.09. The zero-order valence-corrected chi connectivity index (χ0v) is 12.9. The Hall–Kier alpha value is -2.29. The van der Waals surface area contributed by atoms with E-state index in [1.807, 2.05) is 32.0 Å². The van der Waals surface area contributed by atoms with Crippen LogP contribution in [0.2, 0.25) is 0 Å². The second-order valence-electron chi connectivity index (χ2n) is 5.07. The van der Waals surface area contributed by atoms with Gasteiger partial charge in [0.25, 0.3) is 0 Å². The molecule has 0 radical (unpaired) electrons. The molecular weight excluding hydrogens is 264 g/mol. The van der Waals surface area contributed by atoms with Gasteiger partial charge in [-0.1, -0.05) is 29.8 Å². The molecule has 0 aliphatic rings. The van der Waals surface area contributed by atoms with Crippen molar-refractivity contribution >= 4 is 5.78 Å². The van der Waals surface area contributed by atoms with Crippen LogP contribution in [-0.2, 0) is 6.42 Å². The van der Waals surface area contributed by atoms with Crippen molar-refractivity contribution in [3.8, 4) is 11.5 Å². The highest BCUT2D eigenvalue weighted by Gasteiger charge is 2.19. The highest BCUT2D eigenvalue weighted by atomic mass is 16.5. The molecule has 0 heterocycles. The monoisotopic (exact) mass is 284 g/mol. The molecule has 110 valence electrons. The lowest BCUT2D eigenvalue weighted by Crippen LogP contribution is -2.09. The van der Waals surface area contributed by atoms with Gasteiger partial charge in [0.2, 0.25) is 0 Å². The molecule has 0 aliphatic carbocycles. The fourth-order valence-corrected chi connectivity index (χ4v) is 2.38. The van der Waals surface area contributed by atoms with Crippen molar-refractivity contribution in [2.45, 2.75) is 20.3 Å². The summed E-state index contributed by atoms with van der Waals surface area (Å²) in [6.07, 6.45) is 0.338. The van der Waals surface area contributed by atoms with E-state index in [1.54, 1.807) is 26.4 Å². The third-order valence-corrected chi connectivity index (χ3v) is 3.56. The van der Waals surface area contributed by atoms with Gasteiger partial charge < -0.3 is 9.47 Å². The average molecular weight is 284 g/mol. The SMILES string of the molecule is COc1cccc(OC)c1C(=O)Cc1cc(C)ccc1C. The number of methoxy groups -OCH3 is 2. The number of aryl methyl sites for hydroxylation is 2. The molecule has 0 saturated carbocycles. The molecule has 0 N–H and O–H groups in total. The Morgan fingerprint density at radius 2 is 1.62 bits per heavy atom. The second kappa shape index (κ2) is 6.44. The summed E-state index contributed by atoms with van der Waals surface area (Å²) in [5.41, 5.74) is 3.80. The summed E-state index contributed by atoms with van der Waals surface area (Å²) in [6, 6.07) is 11.5. The molecule has 0 aromatic heterocycles. The minimum Gasteiger partial charge on any atom is -0.496 e. The van der Waals surface area contributed by atoms with Gasteiger partial charge in [0.15, 0.2) is 5.78 Å². The largest absolute Gasteiger partial charge is 0.496 e. The van der Waals surface area contributed by atoms with Crippen LogP contribution in [0.4, 0.5) is 0 Å². The van der Waals surface area contributed by atoms with Crippen molar-refractivity contribution in [3.05, 3.63) is 58.7 Å². The molecule has 0 spiro atoms. The van der Waals surface area contributed by atoms with Crippen molar-refractivity contribution < 1.29 is 14.3 Å². The summed E-state index contributed by atoms with van der Waals surface area (Å²) in [5, 5.41) is 0. The Bertz CT molecular complexity index is 637. The number of hydrogen-bond donors (Lipinski definition) is 0. The Balaban J connectivity index is 2.38. The molecule has 2 aromatic carbocycles. The number of Topliss-reactive ketones (excluding diaryl/α,β-unsaturated/α-hetero) is 1. The number of ketones is 1. The van der Waals surface area contributed by atoms with Gasteiger partial charge in [0.1, 0.15) is 17.1 Å². The van der Waals surface area contributed by atoms with Crippen LogP contribution < -0.4 is 9.47 Å². The fourth-order valence-electron chi connectivity index (χ4n) is 2.38. The average Bonchev–Trinajstić information content (AvgIpc) is 2.49. The summed E-state index contributed by atoms with van der Waals surface area (Å²) >= 11 is 0. The van der Waals surface area contributed by atoms with E-state index >= 15 is 0 Å². The first kappa shape index (κ1) is 15.1. The lowest BCUT2D eigenvalue weighted by Gasteiger charge is -2.13. The van der Waals surface area contributed by atoms with E-state index in [0.29, 0.717) is 23.5 Å². The van der Waals surface area contributed by atoms with Crippen molar-refractivity contribution in [3.63, 3.8) is 0 Å². The molecule has 0 unspecified atom stereocenters. The summed E-state index contributed by atoms with van der Waals surface area (Å²) in [4.78, 5) is 12.7. The van der Waals surface area contributed by atoms with Crippen molar-refractivity contribution in [1.82, 2.24) is 0 Å². The zero-order chi connectivity index (χ0) is 15.4. The van der Waals surface area contributed by atoms with E-state index in [9.17, 15) is 4.79 Å². The zero-order valence-electron chi connectivity index (χ0n) is 12.9. The van der Waals surface area contributed by atoms with Crippen LogP contribution in [-0.4, -0.2) is 20.0 Å². The van der Waals surface area contributed by atoms with Gasteiger partial charge >= 0.3 is 0 Å². The van der Waals surface area contributed by atoms with Gasteiger partial charge in [-0.25, -0.2) is 0 Å². The Labute approximate surface area is 125 Å². The molecular formula is C18H20O3. The Kier molecular flexibility index (Phi) is 4.63. The predicted octanol–water partition coefficient (Wildman–Crippen LogP) is 3.75. The summed E-state index contributed by atoms with van der Waals surface area (Å²) in [7, 11) is 3.12. The number of rotatable bonds is 5. The molecule has 0 atom stereocenters. The summed E-state index contributed by atoms with van der Waals surface area (Å²) < 4.78 is 10.6. The quantitative estimate of drug-likeness (QED) is 0.784. The normalized spacial score (nSPS) is 10.3. The van der Waals surface area contributed by atoms with E-state index in [1.165, 1.54) is 0 Å². The Morgan fingerprint density at radius 1 is 1.00 bits per heavy atom. The van der Waals surface area contributed by atoms with Gasteiger partial charge in [-0.3, -0.25) is 4.79 Å². The van der Waals surface area contributed by atoms with Crippen molar-refractivity contribution in [1.29, 1.82) is 0 Å². The molecule has 0 amide bonds. The molecule has 0 aliphatic heterocycles. The van der Waals surface area contributed by atoms with Crippen molar-refractivity contribution in [2.24, 2.45) is 0 Å². The molecule has 3 nitrogen and oxygen atoms in total. The smallest absolute Gasteiger partial charge is 0.174 e. The lowest BCUT2D eigenvalue weighted by molar-refractivity contribution is 0.0986. The highest BCUT2D eigenvalue weighted by molar-refractivity contribution is 6.02. The molecule has 2 rings (SSSR count). The van der Waals surface area contributed by atoms with Crippen LogP contribution in [0.5, 0.6) is 11.5 Å². The maximum absolute atomic E-state index is 12.7. The van der Waals surface area contributed by atoms with Crippen molar-refractivity contribution in [2.75, 3.05) is 14.2 Å². The minimum atomic E-state index is -0.00185. The van der Waals surface area contributed by atoms with Gasteiger partial charge in [-0.05, 0) is 37.1 Å². The van der Waals surface area contributed by atoms with Gasteiger partial charge in [-0.2, -0.15) is 0 Å². The van der Waals surface area contributed by atoms with E-state index in [-0.39, 0.29) is 5.78 Å². The number of carbonyl (C=O) groups is 1. The molecule has 0 fully saturated rings. The molecule has 3 heteroatoms. The first-order valence-corrected chi connectivity index (χ1v) is 6.87. The van der Waals surface area contributed by atoms with Gasteiger partial charge in [-0.15, -0.1) is 0 Å². The van der Waals surface area contributed by atoms with E-state index in [4.69, 9.17) is 9.47 Å². The number of ether oxygens (including phenoxy) is 2. The van der Waals surface area contributed by atoms with E-state index in [2.05, 4.69) is 6.07 Å². The van der Waals surface area contributed by atoms with Gasteiger partial charge in [0.05, 0.1) is 14.2 Å². The maximum Gasteiger partial charge on any atom is 0.174 e. The summed E-state index contributed by atoms with van der Waals surface area (Å²) in [6.45, 7) is 4.04. The second-order valence-corrected chi connectivity index (χ2v) is 5.07. The molecule has 0 saturated heterocycles. The van der Waals surface area contributed by atoms with Crippen LogP contribution in [0, 0.1) is 13.8 Å². The lowest BCUT2D eigenvalue weighted by atomic mass is 9.97. The highest BCUT2D eigenvalue weighted by Crippen LogP contribution is 2.30. The van der Waals surface area contributed by atoms with Crippen LogP contribution in [0.25, 0.3) is 0 Å².